The van der Waals surface area contributed by atoms with E-state index in [-0.39, 0.29) is 61.1 Å². The van der Waals surface area contributed by atoms with Gasteiger partial charge in [0.05, 0.1) is 19.0 Å². The maximum absolute atomic E-state index is 12.2. The van der Waals surface area contributed by atoms with E-state index in [0.29, 0.717) is 13.2 Å². The number of rotatable bonds is 30. The van der Waals surface area contributed by atoms with E-state index in [0.717, 1.165) is 88.4 Å². The van der Waals surface area contributed by atoms with Crippen molar-refractivity contribution in [3.8, 4) is 0 Å². The molecule has 0 saturated heterocycles. The molecule has 0 heterocycles. The lowest BCUT2D eigenvalue weighted by Gasteiger charge is -2.11. The first-order valence-electron chi connectivity index (χ1n) is 22.1. The Labute approximate surface area is 402 Å². The van der Waals surface area contributed by atoms with Gasteiger partial charge in [0.15, 0.2) is 6.04 Å². The summed E-state index contributed by atoms with van der Waals surface area (Å²) in [6.45, 7) is 21.2. The minimum atomic E-state index is -0.300. The molecular formula is C53H84Cl3N3O4. The minimum Gasteiger partial charge on any atom is -1.00 e. The van der Waals surface area contributed by atoms with E-state index >= 15 is 0 Å². The second-order valence-electron chi connectivity index (χ2n) is 16.2. The summed E-state index contributed by atoms with van der Waals surface area (Å²) in [5.41, 5.74) is 21.1. The molecule has 0 rings (SSSR count). The lowest BCUT2D eigenvalue weighted by atomic mass is 10.0. The quantitative estimate of drug-likeness (QED) is 0.0431. The molecule has 7 nitrogen and oxygen atoms in total. The second-order valence-corrected chi connectivity index (χ2v) is 16.2. The van der Waals surface area contributed by atoms with Gasteiger partial charge < -0.3 is 63.9 Å². The van der Waals surface area contributed by atoms with Crippen LogP contribution in [0.2, 0.25) is 0 Å². The third-order valence-corrected chi connectivity index (χ3v) is 9.62. The lowest BCUT2D eigenvalue weighted by Crippen LogP contribution is -3.00. The van der Waals surface area contributed by atoms with Crippen molar-refractivity contribution in [1.29, 1.82) is 0 Å². The Hall–Kier alpha value is -3.69. The molecule has 10 heteroatoms. The average molecular weight is 934 g/mol. The van der Waals surface area contributed by atoms with Gasteiger partial charge in [0, 0.05) is 6.42 Å². The standard InChI is InChI=1S/C53H81N3O4.3ClH/c1-42(24-16-26-44(3)28-18-30-46(5)32-20-34-48(7)40-59-52(57)50(9)36-12-14-38-54)22-10-11-23-43(2)25-17-27-45(4)29-19-31-47(6)33-21-35-49(8)41-60-53(58)51(56)37-13-15-39-55;;;/h10-11,16-19,22-31,34-35,50-51H,12-15,20-21,32-33,36-41,54-56H2,1-9H3;3*1H/b11-10+,24-16+,25-17+,28-18+,29-19+,42-22+,43-23+,44-26+,45-27+,46-30+,47-31+,48-34+,49-35+;;;. The Balaban J connectivity index is -0.00000580. The second kappa shape index (κ2) is 43.6. The van der Waals surface area contributed by atoms with Crippen LogP contribution in [0, 0.1) is 5.92 Å². The molecular weight excluding hydrogens is 849 g/mol. The number of carbonyl (C=O) groups is 2. The van der Waals surface area contributed by atoms with Crippen LogP contribution in [0.25, 0.3) is 0 Å². The number of esters is 2. The number of unbranched alkanes of at least 4 members (excludes halogenated alkanes) is 2. The molecule has 356 valence electrons. The van der Waals surface area contributed by atoms with Crippen molar-refractivity contribution < 1.29 is 73.5 Å². The van der Waals surface area contributed by atoms with Crippen LogP contribution in [-0.4, -0.2) is 44.3 Å². The van der Waals surface area contributed by atoms with Gasteiger partial charge >= 0.3 is 11.9 Å². The number of quaternary nitrogens is 3. The van der Waals surface area contributed by atoms with Crippen molar-refractivity contribution in [2.75, 3.05) is 26.3 Å². The Kier molecular flexibility index (Phi) is 45.6. The van der Waals surface area contributed by atoms with Crippen molar-refractivity contribution >= 4 is 11.9 Å². The monoisotopic (exact) mass is 932 g/mol. The molecule has 0 spiro atoms. The smallest absolute Gasteiger partial charge is 0.365 e. The van der Waals surface area contributed by atoms with E-state index in [4.69, 9.17) is 9.47 Å². The number of hydrogen-bond acceptors (Lipinski definition) is 4. The summed E-state index contributed by atoms with van der Waals surface area (Å²) in [4.78, 5) is 24.3. The van der Waals surface area contributed by atoms with E-state index in [1.165, 1.54) is 33.4 Å². The topological polar surface area (TPSA) is 136 Å². The zero-order valence-corrected chi connectivity index (χ0v) is 42.6. The molecule has 0 aromatic carbocycles. The van der Waals surface area contributed by atoms with Crippen molar-refractivity contribution in [2.45, 2.75) is 133 Å². The van der Waals surface area contributed by atoms with E-state index in [9.17, 15) is 9.59 Å². The third-order valence-electron chi connectivity index (χ3n) is 9.62. The van der Waals surface area contributed by atoms with Gasteiger partial charge in [-0.1, -0.05) is 150 Å². The summed E-state index contributed by atoms with van der Waals surface area (Å²) in [5, 5.41) is 0. The highest BCUT2D eigenvalue weighted by Crippen LogP contribution is 2.13. The van der Waals surface area contributed by atoms with Crippen molar-refractivity contribution in [1.82, 2.24) is 0 Å². The molecule has 0 aliphatic heterocycles. The largest absolute Gasteiger partial charge is 1.00 e. The zero-order chi connectivity index (χ0) is 45.0. The first-order chi connectivity index (χ1) is 28.7. The van der Waals surface area contributed by atoms with Gasteiger partial charge in [-0.3, -0.25) is 4.79 Å². The summed E-state index contributed by atoms with van der Waals surface area (Å²) < 4.78 is 10.9. The summed E-state index contributed by atoms with van der Waals surface area (Å²) in [5.74, 6) is -0.368. The first-order valence-corrected chi connectivity index (χ1v) is 22.1. The summed E-state index contributed by atoms with van der Waals surface area (Å²) in [6, 6.07) is -0.300. The molecule has 0 radical (unpaired) electrons. The van der Waals surface area contributed by atoms with Crippen LogP contribution in [0.4, 0.5) is 0 Å². The number of allylic oxidation sites excluding steroid dienone is 24. The molecule has 0 aromatic heterocycles. The molecule has 0 aliphatic rings. The molecule has 0 amide bonds. The van der Waals surface area contributed by atoms with Gasteiger partial charge in [-0.25, -0.2) is 4.79 Å². The van der Waals surface area contributed by atoms with Gasteiger partial charge in [0.2, 0.25) is 0 Å². The van der Waals surface area contributed by atoms with Crippen molar-refractivity contribution in [3.05, 3.63) is 154 Å². The highest BCUT2D eigenvalue weighted by molar-refractivity contribution is 5.74. The van der Waals surface area contributed by atoms with Crippen LogP contribution in [-0.2, 0) is 19.1 Å². The maximum atomic E-state index is 12.2. The fraction of sp³-hybridized carbons (Fsp3) is 0.472. The van der Waals surface area contributed by atoms with Crippen molar-refractivity contribution in [2.24, 2.45) is 5.92 Å². The Bertz CT molecular complexity index is 1570. The van der Waals surface area contributed by atoms with Crippen LogP contribution in [0.3, 0.4) is 0 Å². The summed E-state index contributed by atoms with van der Waals surface area (Å²) >= 11 is 0. The maximum Gasteiger partial charge on any atom is 0.365 e. The van der Waals surface area contributed by atoms with Crippen LogP contribution in [0.1, 0.15) is 127 Å². The SMILES string of the molecule is CC(/C=C/C=C(C)/C=C/C=C(\C)CC/C=C(\C)COC(=O)C(C)CCCC[NH3+])=C\C=C\C=C(C)\C=C\C=C(C)\C=C\C=C(/C)CC/C=C(\C)COC(=O)C([NH3+])CCCC[NH3+].[Cl-].[Cl-].[Cl-]. The minimum absolute atomic E-state index is 0. The van der Waals surface area contributed by atoms with Gasteiger partial charge in [-0.05, 0) is 124 Å². The molecule has 2 atom stereocenters. The average Bonchev–Trinajstić information content (AvgIpc) is 3.20. The molecule has 0 saturated carbocycles. The van der Waals surface area contributed by atoms with Crippen LogP contribution >= 0.6 is 0 Å². The van der Waals surface area contributed by atoms with E-state index in [2.05, 4.69) is 168 Å². The zero-order valence-electron chi connectivity index (χ0n) is 40.3. The number of halogens is 3. The third kappa shape index (κ3) is 40.8. The van der Waals surface area contributed by atoms with E-state index in [1.54, 1.807) is 0 Å². The fourth-order valence-corrected chi connectivity index (χ4v) is 5.51. The summed E-state index contributed by atoms with van der Waals surface area (Å²) in [7, 11) is 0. The Morgan fingerprint density at radius 3 is 1.22 bits per heavy atom. The highest BCUT2D eigenvalue weighted by atomic mass is 35.5. The summed E-state index contributed by atoms with van der Waals surface area (Å²) in [6.07, 6.45) is 47.5. The van der Waals surface area contributed by atoms with Crippen LogP contribution in [0.5, 0.6) is 0 Å². The van der Waals surface area contributed by atoms with E-state index in [1.807, 2.05) is 20.8 Å². The molecule has 0 aromatic rings. The normalized spacial score (nSPS) is 15.0. The molecule has 0 fully saturated rings. The molecule has 63 heavy (non-hydrogen) atoms. The van der Waals surface area contributed by atoms with Crippen LogP contribution < -0.4 is 54.4 Å². The Morgan fingerprint density at radius 2 is 0.825 bits per heavy atom. The molecule has 2 unspecified atom stereocenters. The van der Waals surface area contributed by atoms with Gasteiger partial charge in [0.1, 0.15) is 13.2 Å². The number of ether oxygens (including phenoxy) is 2. The lowest BCUT2D eigenvalue weighted by molar-refractivity contribution is -0.410. The fourth-order valence-electron chi connectivity index (χ4n) is 5.51. The Morgan fingerprint density at radius 1 is 0.476 bits per heavy atom. The number of carbonyl (C=O) groups excluding carboxylic acids is 2. The first kappa shape index (κ1) is 65.9. The number of hydrogen-bond donors (Lipinski definition) is 3. The van der Waals surface area contributed by atoms with Crippen LogP contribution in [0.15, 0.2) is 154 Å². The molecule has 0 aliphatic carbocycles. The predicted molar refractivity (Wildman–Crippen MR) is 255 cm³/mol. The van der Waals surface area contributed by atoms with Crippen molar-refractivity contribution in [3.63, 3.8) is 0 Å². The highest BCUT2D eigenvalue weighted by Gasteiger charge is 2.18. The molecule has 9 N–H and O–H groups in total. The van der Waals surface area contributed by atoms with Gasteiger partial charge in [0.25, 0.3) is 0 Å². The molecule has 0 bridgehead atoms. The van der Waals surface area contributed by atoms with Gasteiger partial charge in [-0.2, -0.15) is 0 Å². The van der Waals surface area contributed by atoms with E-state index < -0.39 is 0 Å². The predicted octanol–water partition coefficient (Wildman–Crippen LogP) is 1.07. The van der Waals surface area contributed by atoms with Gasteiger partial charge in [-0.15, -0.1) is 0 Å².